The number of pyridine rings is 2. The predicted molar refractivity (Wildman–Crippen MR) is 82.3 cm³/mol. The molecular formula is C15H17N5O. The molecule has 0 aliphatic carbocycles. The summed E-state index contributed by atoms with van der Waals surface area (Å²) in [5.74, 6) is 1.11. The van der Waals surface area contributed by atoms with Crippen LogP contribution in [0.5, 0.6) is 5.75 Å². The van der Waals surface area contributed by atoms with Gasteiger partial charge in [-0.25, -0.2) is 9.97 Å². The van der Waals surface area contributed by atoms with E-state index in [0.29, 0.717) is 11.6 Å². The zero-order valence-electron chi connectivity index (χ0n) is 11.8. The van der Waals surface area contributed by atoms with Gasteiger partial charge < -0.3 is 15.5 Å². The molecule has 1 aliphatic heterocycles. The molecule has 0 atom stereocenters. The lowest BCUT2D eigenvalue weighted by Gasteiger charge is -2.38. The molecule has 0 bridgehead atoms. The van der Waals surface area contributed by atoms with Crippen LogP contribution in [-0.4, -0.2) is 45.6 Å². The second-order valence-corrected chi connectivity index (χ2v) is 5.38. The Labute approximate surface area is 121 Å². The summed E-state index contributed by atoms with van der Waals surface area (Å²) in [6.45, 7) is 5.08. The van der Waals surface area contributed by atoms with Crippen molar-refractivity contribution < 1.29 is 4.74 Å². The summed E-state index contributed by atoms with van der Waals surface area (Å²) in [7, 11) is 0. The minimum absolute atomic E-state index is 0.182. The maximum Gasteiger partial charge on any atom is 0.171 e. The van der Waals surface area contributed by atoms with Crippen LogP contribution in [-0.2, 0) is 0 Å². The largest absolute Gasteiger partial charge is 0.483 e. The summed E-state index contributed by atoms with van der Waals surface area (Å²) in [6, 6.07) is 3.94. The molecule has 108 valence electrons. The smallest absolute Gasteiger partial charge is 0.171 e. The molecule has 3 N–H and O–H groups in total. The van der Waals surface area contributed by atoms with Crippen molar-refractivity contribution in [1.82, 2.24) is 19.9 Å². The number of nitrogens with one attached hydrogen (secondary N) is 1. The third-order valence-corrected chi connectivity index (χ3v) is 4.05. The fourth-order valence-corrected chi connectivity index (χ4v) is 2.85. The van der Waals surface area contributed by atoms with Gasteiger partial charge in [0.2, 0.25) is 0 Å². The van der Waals surface area contributed by atoms with Crippen LogP contribution in [0, 0.1) is 0 Å². The van der Waals surface area contributed by atoms with Gasteiger partial charge in [-0.1, -0.05) is 6.92 Å². The topological polar surface area (TPSA) is 80.1 Å². The first-order chi connectivity index (χ1) is 10.3. The average molecular weight is 283 g/mol. The second-order valence-electron chi connectivity index (χ2n) is 5.38. The Hall–Kier alpha value is -2.34. The number of hydrogen-bond acceptors (Lipinski definition) is 5. The molecule has 1 fully saturated rings. The number of aromatic amines is 1. The molecule has 1 aliphatic rings. The minimum atomic E-state index is 0.182. The van der Waals surface area contributed by atoms with Crippen LogP contribution in [0.3, 0.4) is 0 Å². The molecule has 4 rings (SSSR count). The number of rotatable bonds is 3. The molecule has 0 aromatic carbocycles. The number of aromatic nitrogens is 3. The quantitative estimate of drug-likeness (QED) is 0.766. The first-order valence-corrected chi connectivity index (χ1v) is 7.16. The van der Waals surface area contributed by atoms with Crippen LogP contribution >= 0.6 is 0 Å². The summed E-state index contributed by atoms with van der Waals surface area (Å²) in [5, 5.41) is 1.99. The van der Waals surface area contributed by atoms with Gasteiger partial charge in [-0.3, -0.25) is 4.90 Å². The molecule has 4 heterocycles. The summed E-state index contributed by atoms with van der Waals surface area (Å²) in [5.41, 5.74) is 7.78. The number of likely N-dealkylation sites (tertiary alicyclic amines) is 1. The highest BCUT2D eigenvalue weighted by Crippen LogP contribution is 2.36. The van der Waals surface area contributed by atoms with Crippen LogP contribution in [0.4, 0.5) is 5.82 Å². The molecule has 6 heteroatoms. The number of anilines is 1. The van der Waals surface area contributed by atoms with Crippen molar-refractivity contribution in [3.05, 3.63) is 24.5 Å². The van der Waals surface area contributed by atoms with Crippen LogP contribution in [0.25, 0.3) is 21.9 Å². The van der Waals surface area contributed by atoms with E-state index in [1.807, 2.05) is 12.1 Å². The Morgan fingerprint density at radius 3 is 3.10 bits per heavy atom. The van der Waals surface area contributed by atoms with Crippen LogP contribution < -0.4 is 10.5 Å². The van der Waals surface area contributed by atoms with E-state index in [1.165, 1.54) is 0 Å². The van der Waals surface area contributed by atoms with Gasteiger partial charge in [0.1, 0.15) is 11.8 Å². The molecule has 0 amide bonds. The number of fused-ring (bicyclic) bond motifs is 3. The first kappa shape index (κ1) is 12.4. The van der Waals surface area contributed by atoms with E-state index in [-0.39, 0.29) is 6.10 Å². The van der Waals surface area contributed by atoms with E-state index in [9.17, 15) is 0 Å². The van der Waals surface area contributed by atoms with E-state index in [0.717, 1.165) is 41.6 Å². The third-order valence-electron chi connectivity index (χ3n) is 4.05. The van der Waals surface area contributed by atoms with Gasteiger partial charge in [0.05, 0.1) is 17.1 Å². The summed E-state index contributed by atoms with van der Waals surface area (Å²) in [6.07, 6.45) is 3.68. The van der Waals surface area contributed by atoms with Gasteiger partial charge in [0.25, 0.3) is 0 Å². The molecule has 0 radical (unpaired) electrons. The Balaban J connectivity index is 1.81. The maximum absolute atomic E-state index is 6.12. The fourth-order valence-electron chi connectivity index (χ4n) is 2.85. The number of nitrogen functional groups attached to an aromatic ring is 1. The van der Waals surface area contributed by atoms with Gasteiger partial charge in [-0.05, 0) is 18.7 Å². The highest BCUT2D eigenvalue weighted by atomic mass is 16.5. The Morgan fingerprint density at radius 2 is 2.29 bits per heavy atom. The molecular weight excluding hydrogens is 266 g/mol. The van der Waals surface area contributed by atoms with Gasteiger partial charge >= 0.3 is 0 Å². The number of nitrogens with two attached hydrogens (primary N) is 1. The summed E-state index contributed by atoms with van der Waals surface area (Å²) in [4.78, 5) is 14.2. The number of H-pyrrole nitrogens is 1. The zero-order valence-corrected chi connectivity index (χ0v) is 11.8. The lowest BCUT2D eigenvalue weighted by Crippen LogP contribution is -2.53. The van der Waals surface area contributed by atoms with Crippen molar-refractivity contribution in [2.75, 3.05) is 25.4 Å². The second kappa shape index (κ2) is 4.60. The lowest BCUT2D eigenvalue weighted by molar-refractivity contribution is 0.0252. The van der Waals surface area contributed by atoms with Crippen molar-refractivity contribution in [2.45, 2.75) is 13.0 Å². The SMILES string of the molecule is CCN1CC(Oc2c(N)ncc3[nH]c4ncccc4c23)C1. The van der Waals surface area contributed by atoms with Crippen molar-refractivity contribution in [2.24, 2.45) is 0 Å². The number of ether oxygens (including phenoxy) is 1. The normalized spacial score (nSPS) is 16.4. The zero-order chi connectivity index (χ0) is 14.4. The Morgan fingerprint density at radius 1 is 1.43 bits per heavy atom. The van der Waals surface area contributed by atoms with E-state index >= 15 is 0 Å². The minimum Gasteiger partial charge on any atom is -0.483 e. The molecule has 3 aromatic rings. The molecule has 21 heavy (non-hydrogen) atoms. The fraction of sp³-hybridized carbons (Fsp3) is 0.333. The van der Waals surface area contributed by atoms with Crippen LogP contribution in [0.1, 0.15) is 6.92 Å². The summed E-state index contributed by atoms with van der Waals surface area (Å²) >= 11 is 0. The average Bonchev–Trinajstić information content (AvgIpc) is 2.83. The van der Waals surface area contributed by atoms with Gasteiger partial charge in [-0.15, -0.1) is 0 Å². The molecule has 3 aromatic heterocycles. The van der Waals surface area contributed by atoms with Crippen LogP contribution in [0.15, 0.2) is 24.5 Å². The first-order valence-electron chi connectivity index (χ1n) is 7.16. The van der Waals surface area contributed by atoms with Crippen molar-refractivity contribution in [1.29, 1.82) is 0 Å². The molecule has 1 saturated heterocycles. The predicted octanol–water partition coefficient (Wildman–Crippen LogP) is 1.78. The Kier molecular flexibility index (Phi) is 2.71. The van der Waals surface area contributed by atoms with Crippen LogP contribution in [0.2, 0.25) is 0 Å². The number of nitrogens with zero attached hydrogens (tertiary/aromatic N) is 3. The lowest BCUT2D eigenvalue weighted by atomic mass is 10.1. The van der Waals surface area contributed by atoms with E-state index in [2.05, 4.69) is 26.8 Å². The highest BCUT2D eigenvalue weighted by molar-refractivity contribution is 6.10. The van der Waals surface area contributed by atoms with E-state index in [4.69, 9.17) is 10.5 Å². The molecule has 6 nitrogen and oxygen atoms in total. The third kappa shape index (κ3) is 1.91. The molecule has 0 saturated carbocycles. The van der Waals surface area contributed by atoms with Gasteiger partial charge in [0.15, 0.2) is 11.6 Å². The summed E-state index contributed by atoms with van der Waals surface area (Å²) < 4.78 is 6.12. The number of likely N-dealkylation sites (N-methyl/N-ethyl adjacent to an activating group) is 1. The van der Waals surface area contributed by atoms with E-state index < -0.39 is 0 Å². The standard InChI is InChI=1S/C15H17N5O/c1-2-20-7-9(8-20)21-13-12-10-4-3-5-17-15(10)19-11(12)6-18-14(13)16/h3-6,9H,2,7-8H2,1H3,(H2,16,18)(H,17,19). The van der Waals surface area contributed by atoms with Crippen molar-refractivity contribution in [3.63, 3.8) is 0 Å². The van der Waals surface area contributed by atoms with E-state index in [1.54, 1.807) is 12.4 Å². The van der Waals surface area contributed by atoms with Crippen molar-refractivity contribution >= 4 is 27.8 Å². The molecule has 0 unspecified atom stereocenters. The van der Waals surface area contributed by atoms with Gasteiger partial charge in [-0.2, -0.15) is 0 Å². The Bertz CT molecular complexity index is 806. The van der Waals surface area contributed by atoms with Crippen molar-refractivity contribution in [3.8, 4) is 5.75 Å². The molecule has 0 spiro atoms. The number of hydrogen-bond donors (Lipinski definition) is 2. The highest BCUT2D eigenvalue weighted by Gasteiger charge is 2.28. The van der Waals surface area contributed by atoms with Gasteiger partial charge in [0, 0.05) is 24.7 Å². The monoisotopic (exact) mass is 283 g/mol. The maximum atomic E-state index is 6.12.